The fraction of sp³-hybridized carbons (Fsp3) is 0.200. The lowest BCUT2D eigenvalue weighted by Crippen LogP contribution is -2.13. The normalized spacial score (nSPS) is 13.0. The van der Waals surface area contributed by atoms with Crippen LogP contribution in [0.1, 0.15) is 37.6 Å². The number of carbonyl (C=O) groups excluding carboxylic acids is 1. The van der Waals surface area contributed by atoms with E-state index in [1.807, 2.05) is 0 Å². The first kappa shape index (κ1) is 13.6. The Labute approximate surface area is 124 Å². The topological polar surface area (TPSA) is 86.6 Å². The van der Waals surface area contributed by atoms with Crippen LogP contribution >= 0.6 is 11.3 Å². The van der Waals surface area contributed by atoms with Crippen LogP contribution in [0, 0.1) is 0 Å². The summed E-state index contributed by atoms with van der Waals surface area (Å²) < 4.78 is 0. The first-order chi connectivity index (χ1) is 10.1. The van der Waals surface area contributed by atoms with Gasteiger partial charge >= 0.3 is 5.97 Å². The van der Waals surface area contributed by atoms with Crippen LogP contribution in [0.4, 0.5) is 5.00 Å². The predicted molar refractivity (Wildman–Crippen MR) is 79.4 cm³/mol. The summed E-state index contributed by atoms with van der Waals surface area (Å²) in [4.78, 5) is 24.6. The summed E-state index contributed by atoms with van der Waals surface area (Å²) in [5.41, 5.74) is 1.45. The quantitative estimate of drug-likeness (QED) is 0.813. The van der Waals surface area contributed by atoms with Crippen molar-refractivity contribution in [1.29, 1.82) is 0 Å². The smallest absolute Gasteiger partial charge is 0.339 e. The second-order valence-electron chi connectivity index (χ2n) is 4.87. The number of aromatic hydroxyl groups is 1. The van der Waals surface area contributed by atoms with Gasteiger partial charge in [-0.25, -0.2) is 4.79 Å². The molecule has 6 heteroatoms. The SMILES string of the molecule is O=C(Nc1sc2c(c1C(=O)O)CCC2)c1ccc(O)cc1. The third-order valence-corrected chi connectivity index (χ3v) is 4.70. The first-order valence-electron chi connectivity index (χ1n) is 6.54. The summed E-state index contributed by atoms with van der Waals surface area (Å²) >= 11 is 1.34. The molecule has 1 aliphatic rings. The minimum absolute atomic E-state index is 0.0767. The van der Waals surface area contributed by atoms with Crippen molar-refractivity contribution in [1.82, 2.24) is 0 Å². The molecule has 3 N–H and O–H groups in total. The van der Waals surface area contributed by atoms with Gasteiger partial charge in [0, 0.05) is 10.4 Å². The number of fused-ring (bicyclic) bond motifs is 1. The maximum atomic E-state index is 12.1. The average molecular weight is 303 g/mol. The Morgan fingerprint density at radius 3 is 2.52 bits per heavy atom. The second kappa shape index (κ2) is 5.21. The molecular weight excluding hydrogens is 290 g/mol. The second-order valence-corrected chi connectivity index (χ2v) is 5.97. The van der Waals surface area contributed by atoms with Crippen LogP contribution < -0.4 is 5.32 Å². The minimum Gasteiger partial charge on any atom is -0.508 e. The molecule has 21 heavy (non-hydrogen) atoms. The Hall–Kier alpha value is -2.34. The summed E-state index contributed by atoms with van der Waals surface area (Å²) in [6, 6.07) is 5.82. The molecule has 1 aliphatic carbocycles. The van der Waals surface area contributed by atoms with Gasteiger partial charge in [-0.15, -0.1) is 11.3 Å². The number of carboxylic acid groups (broad SMARTS) is 1. The minimum atomic E-state index is -1.00. The number of amides is 1. The fourth-order valence-electron chi connectivity index (χ4n) is 2.51. The number of aromatic carboxylic acids is 1. The monoisotopic (exact) mass is 303 g/mol. The number of nitrogens with one attached hydrogen (secondary N) is 1. The molecule has 1 aromatic heterocycles. The van der Waals surface area contributed by atoms with Crippen molar-refractivity contribution in [2.75, 3.05) is 5.32 Å². The zero-order valence-electron chi connectivity index (χ0n) is 11.0. The molecule has 0 fully saturated rings. The summed E-state index contributed by atoms with van der Waals surface area (Å²) in [6.07, 6.45) is 2.59. The molecule has 1 aromatic carbocycles. The van der Waals surface area contributed by atoms with Crippen LogP contribution in [0.2, 0.25) is 0 Å². The molecular formula is C15H13NO4S. The number of anilines is 1. The average Bonchev–Trinajstić information content (AvgIpc) is 2.98. The number of hydrogen-bond acceptors (Lipinski definition) is 4. The molecule has 0 unspecified atom stereocenters. The van der Waals surface area contributed by atoms with E-state index in [1.54, 1.807) is 0 Å². The van der Waals surface area contributed by atoms with E-state index in [0.717, 1.165) is 29.7 Å². The predicted octanol–water partition coefficient (Wildman–Crippen LogP) is 2.89. The van der Waals surface area contributed by atoms with E-state index in [2.05, 4.69) is 5.32 Å². The lowest BCUT2D eigenvalue weighted by atomic mass is 10.1. The lowest BCUT2D eigenvalue weighted by Gasteiger charge is -2.05. The highest BCUT2D eigenvalue weighted by atomic mass is 32.1. The van der Waals surface area contributed by atoms with Gasteiger partial charge in [-0.05, 0) is 49.1 Å². The fourth-order valence-corrected chi connectivity index (χ4v) is 3.78. The van der Waals surface area contributed by atoms with Crippen LogP contribution in [0.15, 0.2) is 24.3 Å². The largest absolute Gasteiger partial charge is 0.508 e. The lowest BCUT2D eigenvalue weighted by molar-refractivity contribution is 0.0697. The summed E-state index contributed by atoms with van der Waals surface area (Å²) in [5, 5.41) is 21.6. The first-order valence-corrected chi connectivity index (χ1v) is 7.36. The van der Waals surface area contributed by atoms with E-state index in [4.69, 9.17) is 0 Å². The van der Waals surface area contributed by atoms with E-state index in [1.165, 1.54) is 35.6 Å². The van der Waals surface area contributed by atoms with Gasteiger partial charge in [0.2, 0.25) is 0 Å². The molecule has 1 heterocycles. The van der Waals surface area contributed by atoms with Gasteiger partial charge in [-0.1, -0.05) is 0 Å². The van der Waals surface area contributed by atoms with E-state index in [9.17, 15) is 19.8 Å². The number of rotatable bonds is 3. The van der Waals surface area contributed by atoms with Crippen LogP contribution in [0.3, 0.4) is 0 Å². The number of carboxylic acids is 1. The Balaban J connectivity index is 1.90. The van der Waals surface area contributed by atoms with Gasteiger partial charge in [0.25, 0.3) is 5.91 Å². The molecule has 0 spiro atoms. The third kappa shape index (κ3) is 2.50. The van der Waals surface area contributed by atoms with Crippen molar-refractivity contribution in [3.8, 4) is 5.75 Å². The number of hydrogen-bond donors (Lipinski definition) is 3. The number of benzene rings is 1. The number of carbonyl (C=O) groups is 2. The molecule has 5 nitrogen and oxygen atoms in total. The highest BCUT2D eigenvalue weighted by molar-refractivity contribution is 7.17. The number of aryl methyl sites for hydroxylation is 1. The molecule has 0 aliphatic heterocycles. The maximum absolute atomic E-state index is 12.1. The van der Waals surface area contributed by atoms with Gasteiger partial charge < -0.3 is 15.5 Å². The van der Waals surface area contributed by atoms with Gasteiger partial charge in [-0.2, -0.15) is 0 Å². The van der Waals surface area contributed by atoms with Gasteiger partial charge in [0.1, 0.15) is 10.8 Å². The van der Waals surface area contributed by atoms with Crippen molar-refractivity contribution < 1.29 is 19.8 Å². The van der Waals surface area contributed by atoms with E-state index in [-0.39, 0.29) is 17.2 Å². The Kier molecular flexibility index (Phi) is 3.39. The van der Waals surface area contributed by atoms with Crippen molar-refractivity contribution in [3.63, 3.8) is 0 Å². The van der Waals surface area contributed by atoms with E-state index < -0.39 is 5.97 Å². The van der Waals surface area contributed by atoms with Crippen LogP contribution in [-0.4, -0.2) is 22.1 Å². The van der Waals surface area contributed by atoms with Crippen molar-refractivity contribution in [3.05, 3.63) is 45.8 Å². The van der Waals surface area contributed by atoms with Gasteiger partial charge in [-0.3, -0.25) is 4.79 Å². The highest BCUT2D eigenvalue weighted by Gasteiger charge is 2.27. The third-order valence-electron chi connectivity index (χ3n) is 3.49. The van der Waals surface area contributed by atoms with Crippen molar-refractivity contribution in [2.24, 2.45) is 0 Å². The number of phenolic OH excluding ortho intramolecular Hbond substituents is 1. The molecule has 2 aromatic rings. The zero-order valence-corrected chi connectivity index (χ0v) is 11.9. The van der Waals surface area contributed by atoms with Crippen molar-refractivity contribution >= 4 is 28.2 Å². The summed E-state index contributed by atoms with van der Waals surface area (Å²) in [7, 11) is 0. The maximum Gasteiger partial charge on any atom is 0.339 e. The molecule has 1 amide bonds. The van der Waals surface area contributed by atoms with Crippen molar-refractivity contribution in [2.45, 2.75) is 19.3 Å². The molecule has 108 valence electrons. The highest BCUT2D eigenvalue weighted by Crippen LogP contribution is 2.39. The van der Waals surface area contributed by atoms with Crippen LogP contribution in [0.25, 0.3) is 0 Å². The Morgan fingerprint density at radius 1 is 1.14 bits per heavy atom. The molecule has 0 radical (unpaired) electrons. The van der Waals surface area contributed by atoms with Crippen LogP contribution in [0.5, 0.6) is 5.75 Å². The standard InChI is InChI=1S/C15H13NO4S/c17-9-6-4-8(5-7-9)13(18)16-14-12(15(19)20)10-2-1-3-11(10)21-14/h4-7,17H,1-3H2,(H,16,18)(H,19,20). The molecule has 0 saturated carbocycles. The summed E-state index contributed by atoms with van der Waals surface area (Å²) in [5.74, 6) is -1.30. The van der Waals surface area contributed by atoms with Gasteiger partial charge in [0.15, 0.2) is 0 Å². The zero-order chi connectivity index (χ0) is 15.0. The number of thiophene rings is 1. The summed E-state index contributed by atoms with van der Waals surface area (Å²) in [6.45, 7) is 0. The molecule has 0 atom stereocenters. The van der Waals surface area contributed by atoms with E-state index in [0.29, 0.717) is 10.6 Å². The van der Waals surface area contributed by atoms with Crippen LogP contribution in [-0.2, 0) is 12.8 Å². The Morgan fingerprint density at radius 2 is 1.86 bits per heavy atom. The Bertz CT molecular complexity index is 718. The number of phenols is 1. The molecule has 3 rings (SSSR count). The molecule has 0 saturated heterocycles. The van der Waals surface area contributed by atoms with E-state index >= 15 is 0 Å². The molecule has 0 bridgehead atoms. The van der Waals surface area contributed by atoms with Gasteiger partial charge in [0.05, 0.1) is 5.56 Å².